The Morgan fingerprint density at radius 1 is 1.58 bits per heavy atom. The molecule has 1 aliphatic heterocycles. The maximum atomic E-state index is 12.5. The zero-order chi connectivity index (χ0) is 17.3. The summed E-state index contributed by atoms with van der Waals surface area (Å²) < 4.78 is 12.9. The van der Waals surface area contributed by atoms with Crippen LogP contribution in [-0.4, -0.2) is 22.2 Å². The fraction of sp³-hybridized carbons (Fsp3) is 0.471. The molecular formula is C17H20N4O3. The summed E-state index contributed by atoms with van der Waals surface area (Å²) in [6, 6.07) is 3.90. The molecule has 1 aromatic rings. The third-order valence-corrected chi connectivity index (χ3v) is 4.35. The van der Waals surface area contributed by atoms with Gasteiger partial charge in [0, 0.05) is 31.2 Å². The van der Waals surface area contributed by atoms with Crippen LogP contribution >= 0.6 is 0 Å². The second-order valence-electron chi connectivity index (χ2n) is 5.79. The molecule has 2 N–H and O–H groups in total. The third kappa shape index (κ3) is 2.59. The lowest BCUT2D eigenvalue weighted by Gasteiger charge is -2.31. The van der Waals surface area contributed by atoms with Gasteiger partial charge in [0.25, 0.3) is 0 Å². The van der Waals surface area contributed by atoms with Gasteiger partial charge in [0.2, 0.25) is 5.88 Å². The SMILES string of the molecule is CCOC(C)n1nccc1C1C(C#N)=C(N)OC2=C1C(=O)CCC2. The predicted molar refractivity (Wildman–Crippen MR) is 85.1 cm³/mol. The number of Topliss-reactive ketones (excluding diaryl/α,β-unsaturated/α-hetero) is 1. The Labute approximate surface area is 140 Å². The van der Waals surface area contributed by atoms with E-state index in [9.17, 15) is 10.1 Å². The minimum atomic E-state index is -0.558. The highest BCUT2D eigenvalue weighted by atomic mass is 16.5. The highest BCUT2D eigenvalue weighted by Gasteiger charge is 2.39. The summed E-state index contributed by atoms with van der Waals surface area (Å²) in [5.41, 5.74) is 7.43. The van der Waals surface area contributed by atoms with Gasteiger partial charge in [0.1, 0.15) is 23.6 Å². The molecule has 0 saturated heterocycles. The Morgan fingerprint density at radius 3 is 3.08 bits per heavy atom. The zero-order valence-electron chi connectivity index (χ0n) is 13.8. The van der Waals surface area contributed by atoms with Gasteiger partial charge in [-0.1, -0.05) is 0 Å². The predicted octanol–water partition coefficient (Wildman–Crippen LogP) is 2.25. The van der Waals surface area contributed by atoms with Crippen molar-refractivity contribution in [2.45, 2.75) is 45.3 Å². The van der Waals surface area contributed by atoms with Crippen LogP contribution in [0, 0.1) is 11.3 Å². The fourth-order valence-corrected chi connectivity index (χ4v) is 3.32. The number of nitrogens with zero attached hydrogens (tertiary/aromatic N) is 3. The standard InChI is InChI=1S/C17H20N4O3/c1-3-23-10(2)21-12(7-8-20-21)15-11(9-18)17(19)24-14-6-4-5-13(22)16(14)15/h7-8,10,15H,3-6,19H2,1-2H3. The maximum Gasteiger partial charge on any atom is 0.205 e. The molecule has 0 saturated carbocycles. The van der Waals surface area contributed by atoms with Crippen molar-refractivity contribution < 1.29 is 14.3 Å². The van der Waals surface area contributed by atoms with E-state index in [1.807, 2.05) is 13.8 Å². The molecule has 3 rings (SSSR count). The summed E-state index contributed by atoms with van der Waals surface area (Å²) in [7, 11) is 0. The summed E-state index contributed by atoms with van der Waals surface area (Å²) in [4.78, 5) is 12.5. The summed E-state index contributed by atoms with van der Waals surface area (Å²) in [6.45, 7) is 4.30. The molecule has 2 heterocycles. The summed E-state index contributed by atoms with van der Waals surface area (Å²) in [5, 5.41) is 13.9. The zero-order valence-corrected chi connectivity index (χ0v) is 13.8. The highest BCUT2D eigenvalue weighted by Crippen LogP contribution is 2.43. The molecule has 1 aliphatic carbocycles. The molecule has 7 heteroatoms. The smallest absolute Gasteiger partial charge is 0.205 e. The van der Waals surface area contributed by atoms with Gasteiger partial charge in [0.15, 0.2) is 5.78 Å². The quantitative estimate of drug-likeness (QED) is 0.909. The number of carbonyl (C=O) groups is 1. The average Bonchev–Trinajstić information content (AvgIpc) is 3.03. The number of nitriles is 1. The van der Waals surface area contributed by atoms with Crippen LogP contribution in [0.15, 0.2) is 35.1 Å². The number of aromatic nitrogens is 2. The number of nitrogens with two attached hydrogens (primary N) is 1. The molecule has 0 bridgehead atoms. The van der Waals surface area contributed by atoms with Crippen molar-refractivity contribution in [1.82, 2.24) is 9.78 Å². The molecule has 2 aliphatic rings. The van der Waals surface area contributed by atoms with Gasteiger partial charge in [-0.2, -0.15) is 10.4 Å². The van der Waals surface area contributed by atoms with Gasteiger partial charge >= 0.3 is 0 Å². The van der Waals surface area contributed by atoms with Gasteiger partial charge in [0.05, 0.1) is 11.6 Å². The van der Waals surface area contributed by atoms with Crippen LogP contribution in [0.4, 0.5) is 0 Å². The topological polar surface area (TPSA) is 103 Å². The van der Waals surface area contributed by atoms with E-state index in [2.05, 4.69) is 11.2 Å². The van der Waals surface area contributed by atoms with E-state index in [1.54, 1.807) is 16.9 Å². The first-order valence-electron chi connectivity index (χ1n) is 8.07. The molecule has 0 amide bonds. The lowest BCUT2D eigenvalue weighted by molar-refractivity contribution is -0.116. The molecule has 0 spiro atoms. The molecule has 1 aromatic heterocycles. The molecule has 0 fully saturated rings. The largest absolute Gasteiger partial charge is 0.444 e. The summed E-state index contributed by atoms with van der Waals surface area (Å²) >= 11 is 0. The highest BCUT2D eigenvalue weighted by molar-refractivity contribution is 5.99. The van der Waals surface area contributed by atoms with Gasteiger partial charge in [-0.3, -0.25) is 4.79 Å². The van der Waals surface area contributed by atoms with E-state index < -0.39 is 5.92 Å². The number of allylic oxidation sites excluding steroid dienone is 3. The van der Waals surface area contributed by atoms with Crippen molar-refractivity contribution in [2.75, 3.05) is 6.61 Å². The van der Waals surface area contributed by atoms with E-state index in [0.717, 1.165) is 6.42 Å². The van der Waals surface area contributed by atoms with Crippen molar-refractivity contribution in [2.24, 2.45) is 5.73 Å². The molecular weight excluding hydrogens is 308 g/mol. The molecule has 7 nitrogen and oxygen atoms in total. The number of carbonyl (C=O) groups excluding carboxylic acids is 1. The molecule has 2 atom stereocenters. The van der Waals surface area contributed by atoms with E-state index in [1.165, 1.54) is 0 Å². The molecule has 24 heavy (non-hydrogen) atoms. The normalized spacial score (nSPS) is 22.0. The van der Waals surface area contributed by atoms with Crippen LogP contribution in [-0.2, 0) is 14.3 Å². The van der Waals surface area contributed by atoms with Crippen LogP contribution in [0.25, 0.3) is 0 Å². The van der Waals surface area contributed by atoms with Crippen LogP contribution in [0.5, 0.6) is 0 Å². The Kier molecular flexibility index (Phi) is 4.40. The summed E-state index contributed by atoms with van der Waals surface area (Å²) in [5.74, 6) is 0.0765. The van der Waals surface area contributed by atoms with Gasteiger partial charge < -0.3 is 15.2 Å². The van der Waals surface area contributed by atoms with Gasteiger partial charge in [-0.25, -0.2) is 4.68 Å². The second kappa shape index (κ2) is 6.49. The number of ketones is 1. The van der Waals surface area contributed by atoms with Crippen molar-refractivity contribution >= 4 is 5.78 Å². The Balaban J connectivity index is 2.14. The number of hydrogen-bond donors (Lipinski definition) is 1. The molecule has 126 valence electrons. The van der Waals surface area contributed by atoms with Crippen molar-refractivity contribution in [3.8, 4) is 6.07 Å². The third-order valence-electron chi connectivity index (χ3n) is 4.35. The van der Waals surface area contributed by atoms with E-state index in [-0.39, 0.29) is 23.5 Å². The Bertz CT molecular complexity index is 769. The summed E-state index contributed by atoms with van der Waals surface area (Å²) in [6.07, 6.45) is 3.15. The van der Waals surface area contributed by atoms with Crippen molar-refractivity contribution in [1.29, 1.82) is 5.26 Å². The minimum Gasteiger partial charge on any atom is -0.444 e. The first kappa shape index (κ1) is 16.3. The second-order valence-corrected chi connectivity index (χ2v) is 5.79. The van der Waals surface area contributed by atoms with Crippen LogP contribution < -0.4 is 5.73 Å². The molecule has 2 unspecified atom stereocenters. The fourth-order valence-electron chi connectivity index (χ4n) is 3.32. The lowest BCUT2D eigenvalue weighted by atomic mass is 9.79. The van der Waals surface area contributed by atoms with Gasteiger partial charge in [-0.05, 0) is 26.3 Å². The first-order valence-corrected chi connectivity index (χ1v) is 8.07. The average molecular weight is 328 g/mol. The minimum absolute atomic E-state index is 0.00156. The van der Waals surface area contributed by atoms with E-state index >= 15 is 0 Å². The number of hydrogen-bond acceptors (Lipinski definition) is 6. The number of ether oxygens (including phenoxy) is 2. The van der Waals surface area contributed by atoms with Gasteiger partial charge in [-0.15, -0.1) is 0 Å². The van der Waals surface area contributed by atoms with Crippen molar-refractivity contribution in [3.63, 3.8) is 0 Å². The van der Waals surface area contributed by atoms with Crippen LogP contribution in [0.2, 0.25) is 0 Å². The van der Waals surface area contributed by atoms with E-state index in [4.69, 9.17) is 15.2 Å². The van der Waals surface area contributed by atoms with Crippen LogP contribution in [0.3, 0.4) is 0 Å². The lowest BCUT2D eigenvalue weighted by Crippen LogP contribution is -2.29. The molecule has 0 radical (unpaired) electrons. The monoisotopic (exact) mass is 328 g/mol. The van der Waals surface area contributed by atoms with E-state index in [0.29, 0.717) is 36.5 Å². The van der Waals surface area contributed by atoms with Crippen molar-refractivity contribution in [3.05, 3.63) is 40.7 Å². The Hall–Kier alpha value is -2.59. The number of rotatable bonds is 4. The first-order chi connectivity index (χ1) is 11.6. The maximum absolute atomic E-state index is 12.5. The molecule has 0 aromatic carbocycles. The Morgan fingerprint density at radius 2 is 2.38 bits per heavy atom. The van der Waals surface area contributed by atoms with Crippen LogP contribution in [0.1, 0.15) is 50.9 Å².